The fourth-order valence-corrected chi connectivity index (χ4v) is 2.52. The molecule has 0 aromatic heterocycles. The van der Waals surface area contributed by atoms with Crippen LogP contribution in [0, 0.1) is 0 Å². The molecule has 1 aromatic rings. The number of benzene rings is 1. The van der Waals surface area contributed by atoms with Gasteiger partial charge >= 0.3 is 0 Å². The van der Waals surface area contributed by atoms with Crippen LogP contribution in [0.3, 0.4) is 0 Å². The monoisotopic (exact) mass is 237 g/mol. The fraction of sp³-hybridized carbons (Fsp3) is 0.571. The molecule has 1 nitrogen and oxygen atoms in total. The summed E-state index contributed by atoms with van der Waals surface area (Å²) in [6.45, 7) is 3.30. The minimum Gasteiger partial charge on any atom is -0.249 e. The molecule has 0 aliphatic carbocycles. The first-order valence-corrected chi connectivity index (χ1v) is 7.15. The van der Waals surface area contributed by atoms with Gasteiger partial charge in [-0.1, -0.05) is 68.5 Å². The molecule has 16 heavy (non-hydrogen) atoms. The maximum atomic E-state index is 2.33. The number of hydrogen-bond donors (Lipinski definition) is 0. The van der Waals surface area contributed by atoms with E-state index in [9.17, 15) is 0 Å². The SMILES string of the molecule is CCCCCCSN(C)Cc1ccccc1. The molecule has 0 amide bonds. The first-order valence-electron chi connectivity index (χ1n) is 6.21. The summed E-state index contributed by atoms with van der Waals surface area (Å²) in [4.78, 5) is 0. The molecule has 1 aromatic carbocycles. The lowest BCUT2D eigenvalue weighted by Crippen LogP contribution is -2.09. The van der Waals surface area contributed by atoms with Gasteiger partial charge in [0.25, 0.3) is 0 Å². The van der Waals surface area contributed by atoms with E-state index in [0.29, 0.717) is 0 Å². The van der Waals surface area contributed by atoms with Gasteiger partial charge in [0.1, 0.15) is 0 Å². The highest BCUT2D eigenvalue weighted by Gasteiger charge is 1.99. The van der Waals surface area contributed by atoms with E-state index >= 15 is 0 Å². The van der Waals surface area contributed by atoms with Gasteiger partial charge in [-0.05, 0) is 19.0 Å². The van der Waals surface area contributed by atoms with Gasteiger partial charge in [0, 0.05) is 12.3 Å². The Morgan fingerprint density at radius 3 is 2.50 bits per heavy atom. The van der Waals surface area contributed by atoms with Gasteiger partial charge in [0.05, 0.1) is 0 Å². The molecular weight excluding hydrogens is 214 g/mol. The van der Waals surface area contributed by atoms with Crippen LogP contribution in [0.5, 0.6) is 0 Å². The second-order valence-corrected chi connectivity index (χ2v) is 5.46. The van der Waals surface area contributed by atoms with E-state index in [1.165, 1.54) is 37.0 Å². The lowest BCUT2D eigenvalue weighted by Gasteiger charge is -2.15. The Balaban J connectivity index is 2.09. The van der Waals surface area contributed by atoms with Gasteiger partial charge in [-0.3, -0.25) is 0 Å². The zero-order valence-electron chi connectivity index (χ0n) is 10.5. The second kappa shape index (κ2) is 8.66. The Labute approximate surface area is 104 Å². The second-order valence-electron chi connectivity index (χ2n) is 4.17. The van der Waals surface area contributed by atoms with E-state index in [2.05, 4.69) is 48.6 Å². The van der Waals surface area contributed by atoms with Crippen LogP contribution in [0.1, 0.15) is 38.2 Å². The van der Waals surface area contributed by atoms with Crippen molar-refractivity contribution < 1.29 is 0 Å². The third kappa shape index (κ3) is 6.19. The molecule has 0 spiro atoms. The molecule has 0 bridgehead atoms. The van der Waals surface area contributed by atoms with Crippen LogP contribution in [-0.4, -0.2) is 17.1 Å². The predicted molar refractivity (Wildman–Crippen MR) is 74.5 cm³/mol. The number of rotatable bonds is 8. The average Bonchev–Trinajstić information content (AvgIpc) is 2.30. The highest BCUT2D eigenvalue weighted by Crippen LogP contribution is 2.14. The van der Waals surface area contributed by atoms with E-state index in [-0.39, 0.29) is 0 Å². The highest BCUT2D eigenvalue weighted by atomic mass is 32.2. The van der Waals surface area contributed by atoms with Crippen LogP contribution in [0.4, 0.5) is 0 Å². The van der Waals surface area contributed by atoms with E-state index in [1.54, 1.807) is 0 Å². The summed E-state index contributed by atoms with van der Waals surface area (Å²) < 4.78 is 2.33. The first kappa shape index (κ1) is 13.6. The molecule has 0 saturated carbocycles. The smallest absolute Gasteiger partial charge is 0.0337 e. The maximum absolute atomic E-state index is 2.33. The quantitative estimate of drug-likeness (QED) is 0.488. The van der Waals surface area contributed by atoms with E-state index in [0.717, 1.165) is 6.54 Å². The summed E-state index contributed by atoms with van der Waals surface area (Å²) in [7, 11) is 2.18. The molecule has 0 aliphatic heterocycles. The Morgan fingerprint density at radius 2 is 1.81 bits per heavy atom. The largest absolute Gasteiger partial charge is 0.249 e. The van der Waals surface area contributed by atoms with Gasteiger partial charge in [-0.25, -0.2) is 4.31 Å². The van der Waals surface area contributed by atoms with Crippen LogP contribution in [-0.2, 0) is 6.54 Å². The summed E-state index contributed by atoms with van der Waals surface area (Å²) in [5.41, 5.74) is 1.39. The predicted octanol–water partition coefficient (Wildman–Crippen LogP) is 4.35. The summed E-state index contributed by atoms with van der Waals surface area (Å²) in [6, 6.07) is 10.7. The molecule has 0 heterocycles. The third-order valence-corrected chi connectivity index (χ3v) is 3.60. The van der Waals surface area contributed by atoms with Crippen molar-refractivity contribution in [1.82, 2.24) is 4.31 Å². The molecule has 0 N–H and O–H groups in total. The Kier molecular flexibility index (Phi) is 7.35. The van der Waals surface area contributed by atoms with E-state index in [1.807, 2.05) is 11.9 Å². The maximum Gasteiger partial charge on any atom is 0.0337 e. The van der Waals surface area contributed by atoms with E-state index in [4.69, 9.17) is 0 Å². The number of hydrogen-bond acceptors (Lipinski definition) is 2. The van der Waals surface area contributed by atoms with Gasteiger partial charge in [-0.2, -0.15) is 0 Å². The zero-order valence-corrected chi connectivity index (χ0v) is 11.3. The standard InChI is InChI=1S/C14H23NS/c1-3-4-5-9-12-16-15(2)13-14-10-7-6-8-11-14/h6-8,10-11H,3-5,9,12-13H2,1-2H3. The summed E-state index contributed by atoms with van der Waals surface area (Å²) in [6.07, 6.45) is 5.42. The molecule has 2 heteroatoms. The van der Waals surface area contributed by atoms with Gasteiger partial charge in [0.15, 0.2) is 0 Å². The topological polar surface area (TPSA) is 3.24 Å². The van der Waals surface area contributed by atoms with E-state index < -0.39 is 0 Å². The summed E-state index contributed by atoms with van der Waals surface area (Å²) in [5.74, 6) is 1.25. The van der Waals surface area contributed by atoms with Crippen LogP contribution in [0.15, 0.2) is 30.3 Å². The van der Waals surface area contributed by atoms with Crippen molar-refractivity contribution in [1.29, 1.82) is 0 Å². The van der Waals surface area contributed by atoms with Crippen LogP contribution in [0.25, 0.3) is 0 Å². The molecule has 0 radical (unpaired) electrons. The zero-order chi connectivity index (χ0) is 11.6. The van der Waals surface area contributed by atoms with Gasteiger partial charge in [0.2, 0.25) is 0 Å². The Hall–Kier alpha value is -0.470. The molecule has 0 saturated heterocycles. The Morgan fingerprint density at radius 1 is 1.06 bits per heavy atom. The van der Waals surface area contributed by atoms with Crippen molar-refractivity contribution in [2.75, 3.05) is 12.8 Å². The lowest BCUT2D eigenvalue weighted by molar-refractivity contribution is 0.562. The van der Waals surface area contributed by atoms with Crippen LogP contribution >= 0.6 is 11.9 Å². The molecule has 0 atom stereocenters. The van der Waals surface area contributed by atoms with Crippen molar-refractivity contribution in [3.8, 4) is 0 Å². The van der Waals surface area contributed by atoms with Crippen molar-refractivity contribution >= 4 is 11.9 Å². The minimum atomic E-state index is 1.04. The van der Waals surface area contributed by atoms with Crippen LogP contribution in [0.2, 0.25) is 0 Å². The van der Waals surface area contributed by atoms with Crippen molar-refractivity contribution in [2.45, 2.75) is 39.2 Å². The number of nitrogens with zero attached hydrogens (tertiary/aromatic N) is 1. The molecule has 1 rings (SSSR count). The van der Waals surface area contributed by atoms with Crippen LogP contribution < -0.4 is 0 Å². The molecule has 90 valence electrons. The fourth-order valence-electron chi connectivity index (χ4n) is 1.64. The Bertz CT molecular complexity index is 261. The van der Waals surface area contributed by atoms with Crippen molar-refractivity contribution in [3.63, 3.8) is 0 Å². The van der Waals surface area contributed by atoms with Crippen molar-refractivity contribution in [3.05, 3.63) is 35.9 Å². The normalized spacial score (nSPS) is 10.9. The first-order chi connectivity index (χ1) is 7.83. The highest BCUT2D eigenvalue weighted by molar-refractivity contribution is 7.96. The summed E-state index contributed by atoms with van der Waals surface area (Å²) in [5, 5.41) is 0. The summed E-state index contributed by atoms with van der Waals surface area (Å²) >= 11 is 1.96. The lowest BCUT2D eigenvalue weighted by atomic mass is 10.2. The van der Waals surface area contributed by atoms with Gasteiger partial charge in [-0.15, -0.1) is 0 Å². The molecule has 0 aliphatic rings. The molecule has 0 fully saturated rings. The average molecular weight is 237 g/mol. The number of unbranched alkanes of at least 4 members (excludes halogenated alkanes) is 3. The molecule has 0 unspecified atom stereocenters. The molecular formula is C14H23NS. The third-order valence-electron chi connectivity index (χ3n) is 2.56. The van der Waals surface area contributed by atoms with Crippen molar-refractivity contribution in [2.24, 2.45) is 0 Å². The van der Waals surface area contributed by atoms with Gasteiger partial charge < -0.3 is 0 Å². The minimum absolute atomic E-state index is 1.04.